The molecule has 1 saturated heterocycles. The smallest absolute Gasteiger partial charge is 0.302 e. The first-order valence-corrected chi connectivity index (χ1v) is 4.59. The summed E-state index contributed by atoms with van der Waals surface area (Å²) in [7, 11) is 0. The van der Waals surface area contributed by atoms with Crippen molar-refractivity contribution in [2.24, 2.45) is 0 Å². The lowest BCUT2D eigenvalue weighted by atomic mass is 10.2. The van der Waals surface area contributed by atoms with E-state index in [2.05, 4.69) is 0 Å². The first-order chi connectivity index (χ1) is 7.09. The van der Waals surface area contributed by atoms with Gasteiger partial charge in [0, 0.05) is 13.8 Å². The highest BCUT2D eigenvalue weighted by molar-refractivity contribution is 5.66. The van der Waals surface area contributed by atoms with Crippen molar-refractivity contribution >= 4 is 11.9 Å². The lowest BCUT2D eigenvalue weighted by Gasteiger charge is -2.15. The maximum atomic E-state index is 10.6. The molecule has 1 rings (SSSR count). The van der Waals surface area contributed by atoms with Crippen LogP contribution >= 0.6 is 0 Å². The quantitative estimate of drug-likeness (QED) is 0.611. The minimum Gasteiger partial charge on any atom is -0.463 e. The second-order valence-electron chi connectivity index (χ2n) is 3.13. The zero-order valence-corrected chi connectivity index (χ0v) is 8.73. The molecule has 1 fully saturated rings. The molecule has 2 atom stereocenters. The van der Waals surface area contributed by atoms with E-state index < -0.39 is 0 Å². The van der Waals surface area contributed by atoms with Crippen molar-refractivity contribution < 1.29 is 28.5 Å². The molecular formula is C9H14O6. The van der Waals surface area contributed by atoms with Gasteiger partial charge in [0.25, 0.3) is 0 Å². The van der Waals surface area contributed by atoms with Crippen LogP contribution in [0.4, 0.5) is 0 Å². The van der Waals surface area contributed by atoms with E-state index in [9.17, 15) is 9.59 Å². The molecule has 0 spiro atoms. The van der Waals surface area contributed by atoms with E-state index in [1.54, 1.807) is 0 Å². The molecule has 0 radical (unpaired) electrons. The fraction of sp³-hybridized carbons (Fsp3) is 0.778. The van der Waals surface area contributed by atoms with E-state index in [1.807, 2.05) is 0 Å². The van der Waals surface area contributed by atoms with Crippen LogP contribution < -0.4 is 0 Å². The number of ether oxygens (including phenoxy) is 4. The summed E-state index contributed by atoms with van der Waals surface area (Å²) in [6, 6.07) is 0. The van der Waals surface area contributed by atoms with E-state index in [1.165, 1.54) is 13.8 Å². The second-order valence-corrected chi connectivity index (χ2v) is 3.13. The van der Waals surface area contributed by atoms with Crippen LogP contribution in [0.25, 0.3) is 0 Å². The zero-order valence-electron chi connectivity index (χ0n) is 8.73. The molecule has 0 bridgehead atoms. The maximum absolute atomic E-state index is 10.6. The van der Waals surface area contributed by atoms with Gasteiger partial charge in [0.15, 0.2) is 0 Å². The molecule has 0 saturated carbocycles. The van der Waals surface area contributed by atoms with Crippen molar-refractivity contribution in [1.82, 2.24) is 0 Å². The lowest BCUT2D eigenvalue weighted by Crippen LogP contribution is -2.32. The highest BCUT2D eigenvalue weighted by atomic mass is 16.7. The number of hydrogen-bond donors (Lipinski definition) is 0. The number of esters is 2. The predicted molar refractivity (Wildman–Crippen MR) is 47.9 cm³/mol. The first kappa shape index (κ1) is 11.9. The van der Waals surface area contributed by atoms with Crippen LogP contribution in [0, 0.1) is 0 Å². The molecule has 0 amide bonds. The zero-order chi connectivity index (χ0) is 11.3. The molecule has 0 aromatic heterocycles. The SMILES string of the molecule is CC(=O)OCC1OCOC1COC(C)=O. The van der Waals surface area contributed by atoms with Crippen LogP contribution in [0.3, 0.4) is 0 Å². The summed E-state index contributed by atoms with van der Waals surface area (Å²) in [5, 5.41) is 0. The Balaban J connectivity index is 2.29. The number of carbonyl (C=O) groups is 2. The van der Waals surface area contributed by atoms with Crippen molar-refractivity contribution in [1.29, 1.82) is 0 Å². The number of hydrogen-bond acceptors (Lipinski definition) is 6. The molecular weight excluding hydrogens is 204 g/mol. The molecule has 6 nitrogen and oxygen atoms in total. The van der Waals surface area contributed by atoms with Crippen LogP contribution in [0.1, 0.15) is 13.8 Å². The van der Waals surface area contributed by atoms with Crippen LogP contribution in [0.2, 0.25) is 0 Å². The highest BCUT2D eigenvalue weighted by Gasteiger charge is 2.31. The predicted octanol–water partition coefficient (Wildman–Crippen LogP) is -0.146. The molecule has 0 N–H and O–H groups in total. The number of rotatable bonds is 4. The van der Waals surface area contributed by atoms with Gasteiger partial charge in [-0.2, -0.15) is 0 Å². The Hall–Kier alpha value is -1.14. The fourth-order valence-electron chi connectivity index (χ4n) is 1.14. The van der Waals surface area contributed by atoms with E-state index in [0.29, 0.717) is 0 Å². The van der Waals surface area contributed by atoms with Crippen molar-refractivity contribution in [2.75, 3.05) is 20.0 Å². The van der Waals surface area contributed by atoms with Gasteiger partial charge in [0.1, 0.15) is 32.2 Å². The normalized spacial score (nSPS) is 24.9. The van der Waals surface area contributed by atoms with E-state index in [4.69, 9.17) is 18.9 Å². The number of carbonyl (C=O) groups excluding carboxylic acids is 2. The van der Waals surface area contributed by atoms with E-state index >= 15 is 0 Å². The van der Waals surface area contributed by atoms with Gasteiger partial charge in [-0.15, -0.1) is 0 Å². The molecule has 1 heterocycles. The Labute approximate surface area is 87.4 Å². The summed E-state index contributed by atoms with van der Waals surface area (Å²) in [4.78, 5) is 21.1. The summed E-state index contributed by atoms with van der Waals surface area (Å²) < 4.78 is 19.9. The maximum Gasteiger partial charge on any atom is 0.302 e. The molecule has 1 aliphatic heterocycles. The van der Waals surface area contributed by atoms with Crippen LogP contribution in [-0.4, -0.2) is 44.2 Å². The summed E-state index contributed by atoms with van der Waals surface area (Å²) in [5.41, 5.74) is 0. The second kappa shape index (κ2) is 5.67. The molecule has 0 aromatic carbocycles. The first-order valence-electron chi connectivity index (χ1n) is 4.59. The Kier molecular flexibility index (Phi) is 4.51. The fourth-order valence-corrected chi connectivity index (χ4v) is 1.14. The third kappa shape index (κ3) is 4.26. The van der Waals surface area contributed by atoms with Gasteiger partial charge in [0.05, 0.1) is 0 Å². The Morgan fingerprint density at radius 3 is 1.80 bits per heavy atom. The minimum absolute atomic E-state index is 0.112. The average Bonchev–Trinajstić information content (AvgIpc) is 2.58. The Morgan fingerprint density at radius 1 is 1.07 bits per heavy atom. The van der Waals surface area contributed by atoms with Crippen LogP contribution in [0.15, 0.2) is 0 Å². The third-order valence-electron chi connectivity index (χ3n) is 1.88. The third-order valence-corrected chi connectivity index (χ3v) is 1.88. The Bertz CT molecular complexity index is 215. The lowest BCUT2D eigenvalue weighted by molar-refractivity contribution is -0.148. The van der Waals surface area contributed by atoms with Gasteiger partial charge in [-0.25, -0.2) is 0 Å². The topological polar surface area (TPSA) is 71.1 Å². The standard InChI is InChI=1S/C9H14O6/c1-6(10)12-3-8-9(15-5-14-8)4-13-7(2)11/h8-9H,3-5H2,1-2H3. The summed E-state index contributed by atoms with van der Waals surface area (Å²) >= 11 is 0. The van der Waals surface area contributed by atoms with E-state index in [-0.39, 0.29) is 44.2 Å². The largest absolute Gasteiger partial charge is 0.463 e. The van der Waals surface area contributed by atoms with Crippen molar-refractivity contribution in [3.05, 3.63) is 0 Å². The van der Waals surface area contributed by atoms with Crippen molar-refractivity contribution in [3.8, 4) is 0 Å². The van der Waals surface area contributed by atoms with E-state index in [0.717, 1.165) is 0 Å². The highest BCUT2D eigenvalue weighted by Crippen LogP contribution is 2.13. The van der Waals surface area contributed by atoms with Gasteiger partial charge in [-0.05, 0) is 0 Å². The van der Waals surface area contributed by atoms with Gasteiger partial charge >= 0.3 is 11.9 Å². The summed E-state index contributed by atoms with van der Waals surface area (Å²) in [6.07, 6.45) is -0.735. The minimum atomic E-state index is -0.378. The molecule has 6 heteroatoms. The molecule has 0 aromatic rings. The van der Waals surface area contributed by atoms with Crippen molar-refractivity contribution in [3.63, 3.8) is 0 Å². The van der Waals surface area contributed by atoms with Crippen molar-refractivity contribution in [2.45, 2.75) is 26.1 Å². The van der Waals surface area contributed by atoms with Gasteiger partial charge in [-0.3, -0.25) is 9.59 Å². The summed E-state index contributed by atoms with van der Waals surface area (Å²) in [6.45, 7) is 2.98. The monoisotopic (exact) mass is 218 g/mol. The molecule has 15 heavy (non-hydrogen) atoms. The molecule has 1 aliphatic rings. The summed E-state index contributed by atoms with van der Waals surface area (Å²) in [5.74, 6) is -0.756. The molecule has 0 aliphatic carbocycles. The average molecular weight is 218 g/mol. The molecule has 86 valence electrons. The van der Waals surface area contributed by atoms with Gasteiger partial charge < -0.3 is 18.9 Å². The van der Waals surface area contributed by atoms with Gasteiger partial charge in [-0.1, -0.05) is 0 Å². The van der Waals surface area contributed by atoms with Crippen LogP contribution in [0.5, 0.6) is 0 Å². The van der Waals surface area contributed by atoms with Gasteiger partial charge in [0.2, 0.25) is 0 Å². The molecule has 2 unspecified atom stereocenters. The van der Waals surface area contributed by atoms with Crippen LogP contribution in [-0.2, 0) is 28.5 Å². The Morgan fingerprint density at radius 2 is 1.47 bits per heavy atom.